The maximum atomic E-state index is 13.5. The first-order valence-electron chi connectivity index (χ1n) is 5.88. The van der Waals surface area contributed by atoms with Gasteiger partial charge in [0.1, 0.15) is 11.6 Å². The number of rotatable bonds is 3. The summed E-state index contributed by atoms with van der Waals surface area (Å²) >= 11 is 0. The number of halogens is 2. The van der Waals surface area contributed by atoms with Gasteiger partial charge in [0.2, 0.25) is 0 Å². The van der Waals surface area contributed by atoms with Crippen molar-refractivity contribution in [3.8, 4) is 0 Å². The molecule has 0 radical (unpaired) electrons. The topological polar surface area (TPSA) is 34.9 Å². The van der Waals surface area contributed by atoms with Crippen LogP contribution in [0.15, 0.2) is 18.2 Å². The molecular weight excluding hydrogens is 250 g/mol. The van der Waals surface area contributed by atoms with Crippen molar-refractivity contribution in [3.63, 3.8) is 0 Å². The van der Waals surface area contributed by atoms with E-state index in [4.69, 9.17) is 0 Å². The highest BCUT2D eigenvalue weighted by Crippen LogP contribution is 2.18. The first-order valence-corrected chi connectivity index (χ1v) is 5.88. The molecule has 0 amide bonds. The quantitative estimate of drug-likeness (QED) is 0.799. The number of aryl methyl sites for hydroxylation is 2. The molecule has 2 rings (SSSR count). The van der Waals surface area contributed by atoms with Gasteiger partial charge in [-0.2, -0.15) is 5.10 Å². The lowest BCUT2D eigenvalue weighted by Crippen LogP contribution is -2.09. The van der Waals surface area contributed by atoms with Crippen LogP contribution in [0, 0.1) is 25.5 Å². The van der Waals surface area contributed by atoms with Crippen molar-refractivity contribution in [2.24, 2.45) is 7.05 Å². The number of benzene rings is 1. The second kappa shape index (κ2) is 4.91. The van der Waals surface area contributed by atoms with Crippen LogP contribution in [0.1, 0.15) is 27.3 Å². The molecule has 0 bridgehead atoms. The van der Waals surface area contributed by atoms with Crippen molar-refractivity contribution in [1.29, 1.82) is 0 Å². The smallest absolute Gasteiger partial charge is 0.171 e. The summed E-state index contributed by atoms with van der Waals surface area (Å²) in [6.07, 6.45) is -0.300. The summed E-state index contributed by atoms with van der Waals surface area (Å²) in [6, 6.07) is 3.57. The number of hydrogen-bond donors (Lipinski definition) is 0. The van der Waals surface area contributed by atoms with Gasteiger partial charge in [-0.25, -0.2) is 8.78 Å². The third-order valence-corrected chi connectivity index (χ3v) is 3.19. The van der Waals surface area contributed by atoms with Crippen LogP contribution in [-0.2, 0) is 13.5 Å². The molecule has 0 saturated carbocycles. The predicted octanol–water partition coefficient (Wildman–Crippen LogP) is 2.74. The van der Waals surface area contributed by atoms with E-state index < -0.39 is 11.6 Å². The summed E-state index contributed by atoms with van der Waals surface area (Å²) in [7, 11) is 1.72. The molecule has 2 aromatic rings. The van der Waals surface area contributed by atoms with E-state index >= 15 is 0 Å². The van der Waals surface area contributed by atoms with E-state index in [9.17, 15) is 13.6 Å². The van der Waals surface area contributed by atoms with Crippen LogP contribution < -0.4 is 0 Å². The van der Waals surface area contributed by atoms with Crippen molar-refractivity contribution >= 4 is 5.78 Å². The van der Waals surface area contributed by atoms with Gasteiger partial charge in [0.15, 0.2) is 5.78 Å². The number of hydrogen-bond acceptors (Lipinski definition) is 2. The Morgan fingerprint density at radius 3 is 2.32 bits per heavy atom. The Morgan fingerprint density at radius 1 is 1.26 bits per heavy atom. The molecule has 0 atom stereocenters. The number of carbonyl (C=O) groups excluding carboxylic acids is 1. The molecule has 0 aliphatic heterocycles. The Labute approximate surface area is 109 Å². The van der Waals surface area contributed by atoms with E-state index in [1.807, 2.05) is 0 Å². The number of carbonyl (C=O) groups is 1. The molecule has 0 aliphatic carbocycles. The molecule has 19 heavy (non-hydrogen) atoms. The Morgan fingerprint density at radius 2 is 1.84 bits per heavy atom. The molecular formula is C14H14F2N2O. The maximum absolute atomic E-state index is 13.5. The van der Waals surface area contributed by atoms with Crippen molar-refractivity contribution in [3.05, 3.63) is 52.3 Å². The van der Waals surface area contributed by atoms with E-state index in [1.54, 1.807) is 25.6 Å². The van der Waals surface area contributed by atoms with Crippen LogP contribution in [-0.4, -0.2) is 15.6 Å². The fraction of sp³-hybridized carbons (Fsp3) is 0.286. The van der Waals surface area contributed by atoms with Gasteiger partial charge >= 0.3 is 0 Å². The summed E-state index contributed by atoms with van der Waals surface area (Å²) in [4.78, 5) is 12.2. The molecule has 0 aliphatic rings. The Kier molecular flexibility index (Phi) is 3.46. The summed E-state index contributed by atoms with van der Waals surface area (Å²) in [5.41, 5.74) is 1.50. The molecule has 1 heterocycles. The SMILES string of the molecule is Cc1nn(C)c(C)c1C(=O)Cc1c(F)cccc1F. The molecule has 100 valence electrons. The van der Waals surface area contributed by atoms with Crippen LogP contribution >= 0.6 is 0 Å². The van der Waals surface area contributed by atoms with Gasteiger partial charge in [-0.05, 0) is 26.0 Å². The Balaban J connectivity index is 2.36. The number of ketones is 1. The zero-order valence-corrected chi connectivity index (χ0v) is 11.0. The average Bonchev–Trinajstić information content (AvgIpc) is 2.58. The zero-order chi connectivity index (χ0) is 14.2. The molecule has 0 saturated heterocycles. The summed E-state index contributed by atoms with van der Waals surface area (Å²) in [6.45, 7) is 3.46. The highest BCUT2D eigenvalue weighted by molar-refractivity contribution is 5.99. The van der Waals surface area contributed by atoms with E-state index in [-0.39, 0.29) is 17.8 Å². The van der Waals surface area contributed by atoms with Crippen LogP contribution in [0.4, 0.5) is 8.78 Å². The third kappa shape index (κ3) is 2.41. The summed E-state index contributed by atoms with van der Waals surface area (Å²) < 4.78 is 28.6. The van der Waals surface area contributed by atoms with Gasteiger partial charge in [0, 0.05) is 24.7 Å². The van der Waals surface area contributed by atoms with Gasteiger partial charge in [-0.1, -0.05) is 6.07 Å². The Bertz CT molecular complexity index is 627. The van der Waals surface area contributed by atoms with Crippen molar-refractivity contribution in [1.82, 2.24) is 9.78 Å². The fourth-order valence-corrected chi connectivity index (χ4v) is 2.13. The minimum absolute atomic E-state index is 0.199. The summed E-state index contributed by atoms with van der Waals surface area (Å²) in [5, 5.41) is 4.13. The molecule has 0 N–H and O–H groups in total. The lowest BCUT2D eigenvalue weighted by molar-refractivity contribution is 0.0989. The van der Waals surface area contributed by atoms with Crippen molar-refractivity contribution < 1.29 is 13.6 Å². The molecule has 0 spiro atoms. The second-order valence-electron chi connectivity index (χ2n) is 4.47. The minimum atomic E-state index is -0.701. The van der Waals surface area contributed by atoms with E-state index in [2.05, 4.69) is 5.10 Å². The molecule has 3 nitrogen and oxygen atoms in total. The van der Waals surface area contributed by atoms with Gasteiger partial charge in [-0.3, -0.25) is 9.48 Å². The number of Topliss-reactive ketones (excluding diaryl/α,β-unsaturated/α-hetero) is 1. The van der Waals surface area contributed by atoms with E-state index in [0.29, 0.717) is 17.0 Å². The monoisotopic (exact) mass is 264 g/mol. The fourth-order valence-electron chi connectivity index (χ4n) is 2.13. The molecule has 0 fully saturated rings. The molecule has 5 heteroatoms. The predicted molar refractivity (Wildman–Crippen MR) is 67.1 cm³/mol. The Hall–Kier alpha value is -2.04. The average molecular weight is 264 g/mol. The first kappa shape index (κ1) is 13.4. The van der Waals surface area contributed by atoms with E-state index in [1.165, 1.54) is 6.07 Å². The van der Waals surface area contributed by atoms with Gasteiger partial charge in [-0.15, -0.1) is 0 Å². The van der Waals surface area contributed by atoms with E-state index in [0.717, 1.165) is 12.1 Å². The lowest BCUT2D eigenvalue weighted by Gasteiger charge is -2.05. The second-order valence-corrected chi connectivity index (χ2v) is 4.47. The highest BCUT2D eigenvalue weighted by Gasteiger charge is 2.20. The first-order chi connectivity index (χ1) is 8.91. The van der Waals surface area contributed by atoms with Crippen LogP contribution in [0.3, 0.4) is 0 Å². The van der Waals surface area contributed by atoms with Crippen LogP contribution in [0.5, 0.6) is 0 Å². The normalized spacial score (nSPS) is 10.8. The van der Waals surface area contributed by atoms with Crippen LogP contribution in [0.2, 0.25) is 0 Å². The van der Waals surface area contributed by atoms with Gasteiger partial charge in [0.05, 0.1) is 11.3 Å². The maximum Gasteiger partial charge on any atom is 0.171 e. The highest BCUT2D eigenvalue weighted by atomic mass is 19.1. The number of aromatic nitrogens is 2. The molecule has 1 aromatic carbocycles. The third-order valence-electron chi connectivity index (χ3n) is 3.19. The van der Waals surface area contributed by atoms with Gasteiger partial charge < -0.3 is 0 Å². The summed E-state index contributed by atoms with van der Waals surface area (Å²) in [5.74, 6) is -1.73. The standard InChI is InChI=1S/C14H14F2N2O/c1-8-14(9(2)18(3)17-8)13(19)7-10-11(15)5-4-6-12(10)16/h4-6H,7H2,1-3H3. The molecule has 1 aromatic heterocycles. The minimum Gasteiger partial charge on any atom is -0.294 e. The van der Waals surface area contributed by atoms with Crippen molar-refractivity contribution in [2.75, 3.05) is 0 Å². The van der Waals surface area contributed by atoms with Crippen molar-refractivity contribution in [2.45, 2.75) is 20.3 Å². The lowest BCUT2D eigenvalue weighted by atomic mass is 10.0. The largest absolute Gasteiger partial charge is 0.294 e. The van der Waals surface area contributed by atoms with Crippen LogP contribution in [0.25, 0.3) is 0 Å². The van der Waals surface area contributed by atoms with Gasteiger partial charge in [0.25, 0.3) is 0 Å². The molecule has 0 unspecified atom stereocenters. The number of nitrogens with zero attached hydrogens (tertiary/aromatic N) is 2. The zero-order valence-electron chi connectivity index (χ0n) is 11.0.